The summed E-state index contributed by atoms with van der Waals surface area (Å²) in [5, 5.41) is 0. The van der Waals surface area contributed by atoms with E-state index in [0.717, 1.165) is 12.8 Å². The summed E-state index contributed by atoms with van der Waals surface area (Å²) in [6.45, 7) is 6.82. The van der Waals surface area contributed by atoms with Gasteiger partial charge in [0.05, 0.1) is 0 Å². The lowest BCUT2D eigenvalue weighted by molar-refractivity contribution is -0.164. The van der Waals surface area contributed by atoms with E-state index >= 15 is 0 Å². The molecule has 0 amide bonds. The molecule has 0 radical (unpaired) electrons. The van der Waals surface area contributed by atoms with E-state index in [4.69, 9.17) is 15.2 Å². The fraction of sp³-hybridized carbons (Fsp3) is 0.923. The topological polar surface area (TPSA) is 61.5 Å². The molecule has 0 heterocycles. The van der Waals surface area contributed by atoms with Crippen LogP contribution in [-0.4, -0.2) is 31.8 Å². The molecule has 1 aliphatic rings. The van der Waals surface area contributed by atoms with Crippen LogP contribution in [0.2, 0.25) is 0 Å². The van der Waals surface area contributed by atoms with Crippen LogP contribution in [0.5, 0.6) is 0 Å². The van der Waals surface area contributed by atoms with Crippen molar-refractivity contribution in [2.45, 2.75) is 52.2 Å². The molecule has 1 fully saturated rings. The largest absolute Gasteiger partial charge is 0.460 e. The maximum absolute atomic E-state index is 11.8. The third kappa shape index (κ3) is 4.28. The summed E-state index contributed by atoms with van der Waals surface area (Å²) >= 11 is 0. The molecule has 1 aliphatic carbocycles. The number of nitrogens with two attached hydrogens (primary N) is 1. The Labute approximate surface area is 104 Å². The second-order valence-electron chi connectivity index (χ2n) is 5.93. The lowest BCUT2D eigenvalue weighted by Gasteiger charge is -2.38. The summed E-state index contributed by atoms with van der Waals surface area (Å²) in [7, 11) is 1.48. The number of hydrogen-bond acceptors (Lipinski definition) is 4. The quantitative estimate of drug-likeness (QED) is 0.764. The predicted octanol–water partition coefficient (Wildman–Crippen LogP) is 1.72. The molecule has 4 heteroatoms. The van der Waals surface area contributed by atoms with Gasteiger partial charge in [0.2, 0.25) is 0 Å². The zero-order valence-corrected chi connectivity index (χ0v) is 11.4. The molecule has 0 bridgehead atoms. The van der Waals surface area contributed by atoms with E-state index in [-0.39, 0.29) is 24.0 Å². The van der Waals surface area contributed by atoms with Crippen molar-refractivity contribution in [2.24, 2.45) is 17.1 Å². The summed E-state index contributed by atoms with van der Waals surface area (Å²) in [5.41, 5.74) is 5.69. The third-order valence-corrected chi connectivity index (χ3v) is 3.39. The van der Waals surface area contributed by atoms with Crippen LogP contribution in [0.4, 0.5) is 0 Å². The summed E-state index contributed by atoms with van der Waals surface area (Å²) in [4.78, 5) is 11.8. The first-order valence-electron chi connectivity index (χ1n) is 6.31. The molecule has 2 N–H and O–H groups in total. The Bertz CT molecular complexity index is 261. The highest BCUT2D eigenvalue weighted by Crippen LogP contribution is 2.39. The molecule has 1 saturated carbocycles. The smallest absolute Gasteiger partial charge is 0.336 e. The third-order valence-electron chi connectivity index (χ3n) is 3.39. The van der Waals surface area contributed by atoms with Crippen molar-refractivity contribution in [1.82, 2.24) is 0 Å². The Hall–Kier alpha value is -0.610. The molecule has 4 nitrogen and oxygen atoms in total. The van der Waals surface area contributed by atoms with Gasteiger partial charge in [0.15, 0.2) is 6.10 Å². The molecular formula is C13H25NO3. The van der Waals surface area contributed by atoms with E-state index in [1.54, 1.807) is 0 Å². The van der Waals surface area contributed by atoms with E-state index in [2.05, 4.69) is 20.8 Å². The molecule has 0 aromatic heterocycles. The highest BCUT2D eigenvalue weighted by molar-refractivity contribution is 5.75. The van der Waals surface area contributed by atoms with E-state index in [0.29, 0.717) is 5.92 Å². The molecule has 3 atom stereocenters. The Morgan fingerprint density at radius 3 is 2.59 bits per heavy atom. The molecule has 1 rings (SSSR count). The maximum Gasteiger partial charge on any atom is 0.336 e. The van der Waals surface area contributed by atoms with Gasteiger partial charge >= 0.3 is 5.97 Å². The van der Waals surface area contributed by atoms with Crippen LogP contribution in [0.3, 0.4) is 0 Å². The molecule has 3 unspecified atom stereocenters. The van der Waals surface area contributed by atoms with E-state index < -0.39 is 6.10 Å². The molecule has 0 aromatic carbocycles. The zero-order valence-electron chi connectivity index (χ0n) is 11.4. The van der Waals surface area contributed by atoms with Crippen molar-refractivity contribution in [2.75, 3.05) is 13.7 Å². The lowest BCUT2D eigenvalue weighted by Crippen LogP contribution is -2.39. The minimum absolute atomic E-state index is 0.00505. The van der Waals surface area contributed by atoms with Gasteiger partial charge in [-0.2, -0.15) is 0 Å². The Morgan fingerprint density at radius 1 is 1.47 bits per heavy atom. The Morgan fingerprint density at radius 2 is 2.12 bits per heavy atom. The van der Waals surface area contributed by atoms with E-state index in [9.17, 15) is 4.79 Å². The number of esters is 1. The number of methoxy groups -OCH3 is 1. The van der Waals surface area contributed by atoms with Crippen molar-refractivity contribution in [3.63, 3.8) is 0 Å². The average Bonchev–Trinajstić information content (AvgIpc) is 2.15. The van der Waals surface area contributed by atoms with Gasteiger partial charge in [-0.05, 0) is 30.6 Å². The van der Waals surface area contributed by atoms with Crippen LogP contribution in [0, 0.1) is 11.3 Å². The number of hydrogen-bond donors (Lipinski definition) is 1. The summed E-state index contributed by atoms with van der Waals surface area (Å²) in [6, 6.07) is 0. The second-order valence-corrected chi connectivity index (χ2v) is 5.93. The van der Waals surface area contributed by atoms with Gasteiger partial charge in [0, 0.05) is 13.7 Å². The SMILES string of the molecule is COC(CN)C(=O)OC1CC(C)CC(C)(C)C1. The van der Waals surface area contributed by atoms with Crippen molar-refractivity contribution >= 4 is 5.97 Å². The van der Waals surface area contributed by atoms with Crippen LogP contribution in [-0.2, 0) is 14.3 Å². The van der Waals surface area contributed by atoms with Gasteiger partial charge in [-0.25, -0.2) is 4.79 Å². The fourth-order valence-electron chi connectivity index (χ4n) is 2.88. The first-order chi connectivity index (χ1) is 7.88. The van der Waals surface area contributed by atoms with E-state index in [1.165, 1.54) is 13.5 Å². The first-order valence-corrected chi connectivity index (χ1v) is 6.31. The normalized spacial score (nSPS) is 29.7. The number of carbonyl (C=O) groups excluding carboxylic acids is 1. The summed E-state index contributed by atoms with van der Waals surface area (Å²) in [5.74, 6) is 0.264. The Balaban J connectivity index is 2.53. The lowest BCUT2D eigenvalue weighted by atomic mass is 9.71. The van der Waals surface area contributed by atoms with Crippen LogP contribution >= 0.6 is 0 Å². The van der Waals surface area contributed by atoms with Crippen molar-refractivity contribution in [1.29, 1.82) is 0 Å². The number of carbonyl (C=O) groups is 1. The standard InChI is InChI=1S/C13H25NO3/c1-9-5-10(7-13(2,3)6-9)17-12(15)11(8-14)16-4/h9-11H,5-8,14H2,1-4H3. The Kier molecular flexibility index (Phi) is 4.95. The second kappa shape index (κ2) is 5.83. The van der Waals surface area contributed by atoms with Gasteiger partial charge in [-0.15, -0.1) is 0 Å². The van der Waals surface area contributed by atoms with Gasteiger partial charge < -0.3 is 15.2 Å². The average molecular weight is 243 g/mol. The van der Waals surface area contributed by atoms with Gasteiger partial charge in [0.1, 0.15) is 6.10 Å². The fourth-order valence-corrected chi connectivity index (χ4v) is 2.88. The molecule has 0 saturated heterocycles. The number of ether oxygens (including phenoxy) is 2. The van der Waals surface area contributed by atoms with Gasteiger partial charge in [-0.3, -0.25) is 0 Å². The molecule has 17 heavy (non-hydrogen) atoms. The van der Waals surface area contributed by atoms with E-state index in [1.807, 2.05) is 0 Å². The summed E-state index contributed by atoms with van der Waals surface area (Å²) in [6.07, 6.45) is 2.42. The molecule has 0 spiro atoms. The molecule has 100 valence electrons. The van der Waals surface area contributed by atoms with Crippen LogP contribution in [0.25, 0.3) is 0 Å². The van der Waals surface area contributed by atoms with Crippen LogP contribution in [0.1, 0.15) is 40.0 Å². The zero-order chi connectivity index (χ0) is 13.1. The highest BCUT2D eigenvalue weighted by Gasteiger charge is 2.34. The monoisotopic (exact) mass is 243 g/mol. The van der Waals surface area contributed by atoms with Crippen LogP contribution < -0.4 is 5.73 Å². The van der Waals surface area contributed by atoms with Gasteiger partial charge in [0.25, 0.3) is 0 Å². The molecule has 0 aliphatic heterocycles. The first kappa shape index (κ1) is 14.5. The summed E-state index contributed by atoms with van der Waals surface area (Å²) < 4.78 is 10.5. The molecular weight excluding hydrogens is 218 g/mol. The number of rotatable bonds is 4. The van der Waals surface area contributed by atoms with Gasteiger partial charge in [-0.1, -0.05) is 20.8 Å². The van der Waals surface area contributed by atoms with Crippen molar-refractivity contribution in [3.8, 4) is 0 Å². The van der Waals surface area contributed by atoms with Crippen LogP contribution in [0.15, 0.2) is 0 Å². The highest BCUT2D eigenvalue weighted by atomic mass is 16.6. The predicted molar refractivity (Wildman–Crippen MR) is 66.5 cm³/mol. The van der Waals surface area contributed by atoms with Crippen molar-refractivity contribution < 1.29 is 14.3 Å². The molecule has 0 aromatic rings. The maximum atomic E-state index is 11.8. The minimum atomic E-state index is -0.629. The van der Waals surface area contributed by atoms with Crippen molar-refractivity contribution in [3.05, 3.63) is 0 Å². The minimum Gasteiger partial charge on any atom is -0.460 e.